The number of carbonyl (C=O) groups excluding carboxylic acids is 1. The van der Waals surface area contributed by atoms with Gasteiger partial charge in [-0.1, -0.05) is 48.5 Å². The summed E-state index contributed by atoms with van der Waals surface area (Å²) in [5, 5.41) is 0. The molecule has 3 rings (SSSR count). The lowest BCUT2D eigenvalue weighted by Gasteiger charge is -2.36. The van der Waals surface area contributed by atoms with Gasteiger partial charge in [0.1, 0.15) is 6.10 Å². The summed E-state index contributed by atoms with van der Waals surface area (Å²) in [6, 6.07) is 0. The molecule has 0 aliphatic carbocycles. The lowest BCUT2D eigenvalue weighted by Crippen LogP contribution is -2.37. The Hall–Kier alpha value is -1.69. The van der Waals surface area contributed by atoms with Gasteiger partial charge in [0.15, 0.2) is 0 Å². The molecule has 0 N–H and O–H groups in total. The van der Waals surface area contributed by atoms with Crippen LogP contribution in [0.2, 0.25) is 0 Å². The molecule has 0 aromatic carbocycles. The zero-order valence-corrected chi connectivity index (χ0v) is 21.4. The van der Waals surface area contributed by atoms with Crippen LogP contribution in [-0.2, 0) is 23.7 Å². The van der Waals surface area contributed by atoms with E-state index in [9.17, 15) is 4.79 Å². The quantitative estimate of drug-likeness (QED) is 0.270. The summed E-state index contributed by atoms with van der Waals surface area (Å²) >= 11 is 0. The van der Waals surface area contributed by atoms with E-state index in [0.717, 1.165) is 44.9 Å². The summed E-state index contributed by atoms with van der Waals surface area (Å²) in [5.41, 5.74) is 2.70. The SMILES string of the molecule is CC=C1CC2CC(=O)OC(C=CC=CC=C(C)CC)CCOCCC3CCCC(CC(C1)O2)O3. The van der Waals surface area contributed by atoms with Crippen LogP contribution in [-0.4, -0.2) is 49.7 Å². The van der Waals surface area contributed by atoms with Crippen LogP contribution in [0.4, 0.5) is 0 Å². The van der Waals surface area contributed by atoms with Crippen LogP contribution in [0.15, 0.2) is 47.6 Å². The van der Waals surface area contributed by atoms with Crippen molar-refractivity contribution in [1.82, 2.24) is 0 Å². The van der Waals surface area contributed by atoms with Crippen LogP contribution in [0.25, 0.3) is 0 Å². The third-order valence-corrected chi connectivity index (χ3v) is 7.03. The highest BCUT2D eigenvalue weighted by molar-refractivity contribution is 5.70. The second-order valence-corrected chi connectivity index (χ2v) is 9.84. The van der Waals surface area contributed by atoms with Crippen molar-refractivity contribution in [2.24, 2.45) is 0 Å². The summed E-state index contributed by atoms with van der Waals surface area (Å²) < 4.78 is 24.5. The van der Waals surface area contributed by atoms with Gasteiger partial charge in [-0.25, -0.2) is 0 Å². The maximum Gasteiger partial charge on any atom is 0.309 e. The zero-order chi connectivity index (χ0) is 24.2. The second-order valence-electron chi connectivity index (χ2n) is 9.84. The first-order valence-electron chi connectivity index (χ1n) is 13.3. The molecule has 190 valence electrons. The molecule has 0 spiro atoms. The average molecular weight is 473 g/mol. The topological polar surface area (TPSA) is 54.0 Å². The average Bonchev–Trinajstić information content (AvgIpc) is 2.82. The number of ether oxygens (including phenoxy) is 4. The second kappa shape index (κ2) is 14.7. The lowest BCUT2D eigenvalue weighted by molar-refractivity contribution is -0.154. The fraction of sp³-hybridized carbons (Fsp3) is 0.690. The third-order valence-electron chi connectivity index (χ3n) is 7.03. The number of esters is 1. The molecule has 0 saturated carbocycles. The molecule has 0 aromatic rings. The normalized spacial score (nSPS) is 34.0. The van der Waals surface area contributed by atoms with Crippen molar-refractivity contribution in [3.63, 3.8) is 0 Å². The van der Waals surface area contributed by atoms with E-state index in [-0.39, 0.29) is 42.9 Å². The van der Waals surface area contributed by atoms with Crippen LogP contribution in [0.1, 0.15) is 85.0 Å². The number of hydrogen-bond donors (Lipinski definition) is 0. The van der Waals surface area contributed by atoms with Gasteiger partial charge in [0.05, 0.1) is 37.4 Å². The molecule has 0 aromatic heterocycles. The number of allylic oxidation sites excluding steroid dienone is 6. The predicted octanol–water partition coefficient (Wildman–Crippen LogP) is 6.39. The first-order valence-corrected chi connectivity index (χ1v) is 13.3. The number of rotatable bonds is 4. The smallest absolute Gasteiger partial charge is 0.309 e. The summed E-state index contributed by atoms with van der Waals surface area (Å²) in [5.74, 6) is -0.206. The van der Waals surface area contributed by atoms with Crippen molar-refractivity contribution >= 4 is 5.97 Å². The van der Waals surface area contributed by atoms with Gasteiger partial charge in [0.25, 0.3) is 0 Å². The maximum atomic E-state index is 12.8. The van der Waals surface area contributed by atoms with Crippen LogP contribution < -0.4 is 0 Å². The molecule has 5 heteroatoms. The Morgan fingerprint density at radius 1 is 0.912 bits per heavy atom. The summed E-state index contributed by atoms with van der Waals surface area (Å²) in [6.07, 6.45) is 21.2. The minimum Gasteiger partial charge on any atom is -0.458 e. The standard InChI is InChI=1S/C29H44O5/c1-4-22(3)10-7-6-8-11-25-15-17-31-16-14-24-12-9-13-26(32-24)20-27-18-23(5-2)19-28(33-27)21-29(30)34-25/h5-8,10-11,24-28H,4,9,12-21H2,1-3H3. The third kappa shape index (κ3) is 9.52. The number of carbonyl (C=O) groups is 1. The molecule has 3 saturated heterocycles. The molecular weight excluding hydrogens is 428 g/mol. The Bertz CT molecular complexity index is 750. The largest absolute Gasteiger partial charge is 0.458 e. The molecule has 3 heterocycles. The van der Waals surface area contributed by atoms with Gasteiger partial charge in [-0.2, -0.15) is 0 Å². The monoisotopic (exact) mass is 472 g/mol. The first-order chi connectivity index (χ1) is 16.6. The Kier molecular flexibility index (Phi) is 11.6. The number of cyclic esters (lactones) is 1. The molecule has 5 unspecified atom stereocenters. The Balaban J connectivity index is 1.66. The van der Waals surface area contributed by atoms with Gasteiger partial charge in [-0.15, -0.1) is 0 Å². The van der Waals surface area contributed by atoms with E-state index in [1.807, 2.05) is 24.3 Å². The summed E-state index contributed by atoms with van der Waals surface area (Å²) in [7, 11) is 0. The minimum atomic E-state index is -0.308. The molecule has 0 radical (unpaired) electrons. The van der Waals surface area contributed by atoms with Crippen LogP contribution in [0, 0.1) is 0 Å². The molecule has 4 bridgehead atoms. The van der Waals surface area contributed by atoms with Crippen molar-refractivity contribution in [3.05, 3.63) is 47.6 Å². The molecule has 3 aliphatic heterocycles. The van der Waals surface area contributed by atoms with Gasteiger partial charge in [0.2, 0.25) is 0 Å². The van der Waals surface area contributed by atoms with Crippen molar-refractivity contribution in [2.45, 2.75) is 115 Å². The molecule has 0 amide bonds. The van der Waals surface area contributed by atoms with E-state index in [0.29, 0.717) is 19.6 Å². The highest BCUT2D eigenvalue weighted by Crippen LogP contribution is 2.32. The van der Waals surface area contributed by atoms with E-state index in [1.165, 1.54) is 17.6 Å². The number of fused-ring (bicyclic) bond motifs is 4. The molecule has 5 atom stereocenters. The lowest BCUT2D eigenvalue weighted by atomic mass is 9.91. The fourth-order valence-electron chi connectivity index (χ4n) is 4.90. The van der Waals surface area contributed by atoms with E-state index >= 15 is 0 Å². The summed E-state index contributed by atoms with van der Waals surface area (Å²) in [6.45, 7) is 7.57. The van der Waals surface area contributed by atoms with E-state index in [1.54, 1.807) is 0 Å². The highest BCUT2D eigenvalue weighted by atomic mass is 16.6. The van der Waals surface area contributed by atoms with Crippen LogP contribution in [0.3, 0.4) is 0 Å². The molecule has 3 aliphatic rings. The highest BCUT2D eigenvalue weighted by Gasteiger charge is 2.32. The molecule has 3 fully saturated rings. The molecule has 5 nitrogen and oxygen atoms in total. The first kappa shape index (κ1) is 26.9. The van der Waals surface area contributed by atoms with E-state index in [4.69, 9.17) is 18.9 Å². The fourth-order valence-corrected chi connectivity index (χ4v) is 4.90. The maximum absolute atomic E-state index is 12.8. The van der Waals surface area contributed by atoms with Crippen molar-refractivity contribution < 1.29 is 23.7 Å². The summed E-state index contributed by atoms with van der Waals surface area (Å²) in [4.78, 5) is 12.8. The van der Waals surface area contributed by atoms with Gasteiger partial charge < -0.3 is 18.9 Å². The van der Waals surface area contributed by atoms with Gasteiger partial charge in [0, 0.05) is 19.4 Å². The Labute approximate surface area is 206 Å². The van der Waals surface area contributed by atoms with Gasteiger partial charge >= 0.3 is 5.97 Å². The Morgan fingerprint density at radius 2 is 1.68 bits per heavy atom. The molecule has 34 heavy (non-hydrogen) atoms. The van der Waals surface area contributed by atoms with Gasteiger partial charge in [-0.3, -0.25) is 4.79 Å². The van der Waals surface area contributed by atoms with Gasteiger partial charge in [-0.05, 0) is 64.9 Å². The van der Waals surface area contributed by atoms with Crippen LogP contribution in [0.5, 0.6) is 0 Å². The van der Waals surface area contributed by atoms with Crippen molar-refractivity contribution in [3.8, 4) is 0 Å². The van der Waals surface area contributed by atoms with E-state index in [2.05, 4.69) is 32.9 Å². The van der Waals surface area contributed by atoms with Crippen molar-refractivity contribution in [2.75, 3.05) is 13.2 Å². The molecular formula is C29H44O5. The van der Waals surface area contributed by atoms with E-state index < -0.39 is 0 Å². The van der Waals surface area contributed by atoms with Crippen LogP contribution >= 0.6 is 0 Å². The Morgan fingerprint density at radius 3 is 2.50 bits per heavy atom. The van der Waals surface area contributed by atoms with Crippen molar-refractivity contribution in [1.29, 1.82) is 0 Å². The number of hydrogen-bond acceptors (Lipinski definition) is 5. The predicted molar refractivity (Wildman–Crippen MR) is 136 cm³/mol. The minimum absolute atomic E-state index is 0.103. The zero-order valence-electron chi connectivity index (χ0n) is 21.4.